The molecule has 0 saturated carbocycles. The van der Waals surface area contributed by atoms with Crippen molar-refractivity contribution in [3.8, 4) is 5.75 Å². The van der Waals surface area contributed by atoms with Crippen molar-refractivity contribution in [2.24, 2.45) is 0 Å². The summed E-state index contributed by atoms with van der Waals surface area (Å²) in [4.78, 5) is 28.0. The van der Waals surface area contributed by atoms with E-state index in [-0.39, 0.29) is 5.91 Å². The highest BCUT2D eigenvalue weighted by Crippen LogP contribution is 2.33. The molecule has 0 aliphatic carbocycles. The lowest BCUT2D eigenvalue weighted by atomic mass is 10.2. The zero-order chi connectivity index (χ0) is 21.3. The Balaban J connectivity index is 1.61. The van der Waals surface area contributed by atoms with E-state index in [1.54, 1.807) is 18.4 Å². The van der Waals surface area contributed by atoms with E-state index in [0.717, 1.165) is 52.1 Å². The Kier molecular flexibility index (Phi) is 8.27. The highest BCUT2D eigenvalue weighted by molar-refractivity contribution is 8.00. The lowest BCUT2D eigenvalue weighted by Crippen LogP contribution is -2.24. The van der Waals surface area contributed by atoms with E-state index in [0.29, 0.717) is 17.9 Å². The average molecular weight is 446 g/mol. The lowest BCUT2D eigenvalue weighted by molar-refractivity contribution is -0.118. The molecule has 0 unspecified atom stereocenters. The van der Waals surface area contributed by atoms with Crippen molar-refractivity contribution in [1.82, 2.24) is 20.3 Å². The third-order valence-electron chi connectivity index (χ3n) is 4.39. The Morgan fingerprint density at radius 1 is 1.17 bits per heavy atom. The van der Waals surface area contributed by atoms with Crippen LogP contribution in [0.15, 0.2) is 35.6 Å². The van der Waals surface area contributed by atoms with Gasteiger partial charge in [-0.25, -0.2) is 9.97 Å². The predicted molar refractivity (Wildman–Crippen MR) is 124 cm³/mol. The van der Waals surface area contributed by atoms with Crippen molar-refractivity contribution in [1.29, 1.82) is 0 Å². The molecule has 0 atom stereocenters. The number of anilines is 1. The van der Waals surface area contributed by atoms with Crippen LogP contribution in [0.25, 0.3) is 10.3 Å². The SMILES string of the molecule is CCCN(CCC)c1nc2ncnc(SCC(=O)NCc3ccc(OC)cc3)c2s1. The first kappa shape index (κ1) is 22.3. The second-order valence-corrected chi connectivity index (χ2v) is 8.67. The van der Waals surface area contributed by atoms with Gasteiger partial charge in [-0.05, 0) is 30.5 Å². The Labute approximate surface area is 185 Å². The summed E-state index contributed by atoms with van der Waals surface area (Å²) in [5.41, 5.74) is 1.72. The van der Waals surface area contributed by atoms with Crippen LogP contribution in [0.5, 0.6) is 5.75 Å². The Hall–Kier alpha value is -2.39. The molecule has 0 radical (unpaired) electrons. The molecule has 2 aromatic heterocycles. The van der Waals surface area contributed by atoms with Gasteiger partial charge in [0.1, 0.15) is 21.8 Å². The largest absolute Gasteiger partial charge is 0.497 e. The van der Waals surface area contributed by atoms with Crippen molar-refractivity contribution in [3.05, 3.63) is 36.2 Å². The molecular formula is C21H27N5O2S2. The maximum atomic E-state index is 12.3. The summed E-state index contributed by atoms with van der Waals surface area (Å²) in [6.07, 6.45) is 3.66. The van der Waals surface area contributed by atoms with Gasteiger partial charge in [0, 0.05) is 19.6 Å². The summed E-state index contributed by atoms with van der Waals surface area (Å²) >= 11 is 3.02. The third-order valence-corrected chi connectivity index (χ3v) is 6.62. The monoisotopic (exact) mass is 445 g/mol. The Bertz CT molecular complexity index is 956. The molecular weight excluding hydrogens is 418 g/mol. The number of carbonyl (C=O) groups is 1. The number of thioether (sulfide) groups is 1. The minimum Gasteiger partial charge on any atom is -0.497 e. The van der Waals surface area contributed by atoms with E-state index >= 15 is 0 Å². The fourth-order valence-corrected chi connectivity index (χ4v) is 4.90. The third kappa shape index (κ3) is 5.82. The molecule has 3 rings (SSSR count). The zero-order valence-corrected chi connectivity index (χ0v) is 19.2. The zero-order valence-electron chi connectivity index (χ0n) is 17.6. The van der Waals surface area contributed by atoms with Gasteiger partial charge in [0.2, 0.25) is 5.91 Å². The molecule has 2 heterocycles. The van der Waals surface area contributed by atoms with E-state index in [4.69, 9.17) is 9.72 Å². The van der Waals surface area contributed by atoms with Crippen LogP contribution in [0.2, 0.25) is 0 Å². The number of benzene rings is 1. The molecule has 160 valence electrons. The number of hydrogen-bond acceptors (Lipinski definition) is 8. The number of amides is 1. The van der Waals surface area contributed by atoms with Crippen LogP contribution in [-0.2, 0) is 11.3 Å². The first-order chi connectivity index (χ1) is 14.6. The summed E-state index contributed by atoms with van der Waals surface area (Å²) in [7, 11) is 1.63. The van der Waals surface area contributed by atoms with Crippen molar-refractivity contribution in [3.63, 3.8) is 0 Å². The smallest absolute Gasteiger partial charge is 0.230 e. The van der Waals surface area contributed by atoms with Gasteiger partial charge < -0.3 is 15.0 Å². The fourth-order valence-electron chi connectivity index (χ4n) is 2.93. The van der Waals surface area contributed by atoms with E-state index in [9.17, 15) is 4.79 Å². The highest BCUT2D eigenvalue weighted by atomic mass is 32.2. The normalized spacial score (nSPS) is 10.9. The number of nitrogens with zero attached hydrogens (tertiary/aromatic N) is 4. The van der Waals surface area contributed by atoms with Crippen LogP contribution >= 0.6 is 23.1 Å². The van der Waals surface area contributed by atoms with Gasteiger partial charge in [0.15, 0.2) is 10.8 Å². The summed E-state index contributed by atoms with van der Waals surface area (Å²) in [6.45, 7) is 6.76. The molecule has 0 spiro atoms. The summed E-state index contributed by atoms with van der Waals surface area (Å²) in [6, 6.07) is 7.65. The van der Waals surface area contributed by atoms with Gasteiger partial charge in [0.05, 0.1) is 12.9 Å². The number of fused-ring (bicyclic) bond motifs is 1. The average Bonchev–Trinajstić information content (AvgIpc) is 3.21. The molecule has 1 aromatic carbocycles. The second-order valence-electron chi connectivity index (χ2n) is 6.73. The van der Waals surface area contributed by atoms with Crippen LogP contribution in [0.1, 0.15) is 32.3 Å². The standard InChI is InChI=1S/C21H27N5O2S2/c1-4-10-26(11-5-2)21-25-19-18(30-21)20(24-14-23-19)29-13-17(27)22-12-15-6-8-16(28-3)9-7-15/h6-9,14H,4-5,10-13H2,1-3H3,(H,22,27). The van der Waals surface area contributed by atoms with Crippen LogP contribution < -0.4 is 15.0 Å². The van der Waals surface area contributed by atoms with Crippen molar-refractivity contribution in [2.75, 3.05) is 30.9 Å². The van der Waals surface area contributed by atoms with Crippen molar-refractivity contribution in [2.45, 2.75) is 38.3 Å². The van der Waals surface area contributed by atoms with E-state index in [1.165, 1.54) is 18.1 Å². The van der Waals surface area contributed by atoms with Crippen LogP contribution in [0, 0.1) is 0 Å². The first-order valence-corrected chi connectivity index (χ1v) is 11.8. The predicted octanol–water partition coefficient (Wildman–Crippen LogP) is 4.13. The number of aromatic nitrogens is 3. The molecule has 0 aliphatic heterocycles. The number of methoxy groups -OCH3 is 1. The summed E-state index contributed by atoms with van der Waals surface area (Å²) in [5, 5.41) is 4.72. The van der Waals surface area contributed by atoms with Gasteiger partial charge in [-0.2, -0.15) is 4.98 Å². The molecule has 0 saturated heterocycles. The van der Waals surface area contributed by atoms with Gasteiger partial charge in [-0.1, -0.05) is 49.1 Å². The highest BCUT2D eigenvalue weighted by Gasteiger charge is 2.16. The summed E-state index contributed by atoms with van der Waals surface area (Å²) < 4.78 is 6.09. The number of thiazole rings is 1. The molecule has 0 fully saturated rings. The Morgan fingerprint density at radius 3 is 2.57 bits per heavy atom. The summed E-state index contributed by atoms with van der Waals surface area (Å²) in [5.74, 6) is 1.06. The number of ether oxygens (including phenoxy) is 1. The number of rotatable bonds is 11. The van der Waals surface area contributed by atoms with Crippen LogP contribution in [0.3, 0.4) is 0 Å². The fraction of sp³-hybridized carbons (Fsp3) is 0.429. The van der Waals surface area contributed by atoms with E-state index < -0.39 is 0 Å². The van der Waals surface area contributed by atoms with Gasteiger partial charge in [-0.3, -0.25) is 4.79 Å². The topological polar surface area (TPSA) is 80.2 Å². The van der Waals surface area contributed by atoms with Crippen molar-refractivity contribution >= 4 is 44.5 Å². The molecule has 0 aliphatic rings. The maximum Gasteiger partial charge on any atom is 0.230 e. The second kappa shape index (κ2) is 11.1. The molecule has 1 N–H and O–H groups in total. The van der Waals surface area contributed by atoms with E-state index in [1.807, 2.05) is 24.3 Å². The first-order valence-electron chi connectivity index (χ1n) is 10.0. The quantitative estimate of drug-likeness (QED) is 0.351. The number of hydrogen-bond donors (Lipinski definition) is 1. The van der Waals surface area contributed by atoms with Crippen molar-refractivity contribution < 1.29 is 9.53 Å². The lowest BCUT2D eigenvalue weighted by Gasteiger charge is -2.19. The molecule has 9 heteroatoms. The van der Waals surface area contributed by atoms with E-state index in [2.05, 4.69) is 34.0 Å². The Morgan fingerprint density at radius 2 is 1.90 bits per heavy atom. The number of carbonyl (C=O) groups excluding carboxylic acids is 1. The maximum absolute atomic E-state index is 12.3. The minimum atomic E-state index is -0.0362. The molecule has 30 heavy (non-hydrogen) atoms. The molecule has 3 aromatic rings. The molecule has 7 nitrogen and oxygen atoms in total. The van der Waals surface area contributed by atoms with Gasteiger partial charge >= 0.3 is 0 Å². The van der Waals surface area contributed by atoms with Crippen LogP contribution in [0.4, 0.5) is 5.13 Å². The minimum absolute atomic E-state index is 0.0362. The van der Waals surface area contributed by atoms with Gasteiger partial charge in [-0.15, -0.1) is 0 Å². The molecule has 0 bridgehead atoms. The van der Waals surface area contributed by atoms with Gasteiger partial charge in [0.25, 0.3) is 0 Å². The molecule has 1 amide bonds. The number of nitrogens with one attached hydrogen (secondary N) is 1. The van der Waals surface area contributed by atoms with Crippen LogP contribution in [-0.4, -0.2) is 46.8 Å².